The van der Waals surface area contributed by atoms with Crippen molar-refractivity contribution in [3.05, 3.63) is 34.4 Å². The van der Waals surface area contributed by atoms with Crippen LogP contribution in [0.3, 0.4) is 0 Å². The van der Waals surface area contributed by atoms with Gasteiger partial charge in [-0.1, -0.05) is 30.5 Å². The van der Waals surface area contributed by atoms with Gasteiger partial charge >= 0.3 is 0 Å². The first kappa shape index (κ1) is 13.3. The molecule has 0 atom stereocenters. The fraction of sp³-hybridized carbons (Fsp3) is 0.562. The summed E-state index contributed by atoms with van der Waals surface area (Å²) in [7, 11) is 0. The molecule has 1 aromatic rings. The fourth-order valence-corrected chi connectivity index (χ4v) is 2.51. The first-order chi connectivity index (χ1) is 8.58. The normalized spacial score (nSPS) is 14.8. The molecule has 0 heterocycles. The maximum atomic E-state index is 12.1. The van der Waals surface area contributed by atoms with Crippen LogP contribution < -0.4 is 0 Å². The second-order valence-corrected chi connectivity index (χ2v) is 5.48. The van der Waals surface area contributed by atoms with Crippen LogP contribution in [0.2, 0.25) is 0 Å². The molecule has 1 saturated carbocycles. The van der Waals surface area contributed by atoms with E-state index in [1.165, 1.54) is 18.4 Å². The Morgan fingerprint density at radius 2 is 1.83 bits per heavy atom. The molecular formula is C16H22O2. The number of hydrogen-bond donors (Lipinski definition) is 0. The molecule has 1 aliphatic carbocycles. The number of hydrogen-bond acceptors (Lipinski definition) is 2. The summed E-state index contributed by atoms with van der Waals surface area (Å²) in [5, 5.41) is 0. The molecule has 2 nitrogen and oxygen atoms in total. The van der Waals surface area contributed by atoms with Crippen molar-refractivity contribution in [3.8, 4) is 0 Å². The van der Waals surface area contributed by atoms with Crippen LogP contribution in [-0.2, 0) is 4.74 Å². The van der Waals surface area contributed by atoms with E-state index in [-0.39, 0.29) is 12.4 Å². The summed E-state index contributed by atoms with van der Waals surface area (Å²) in [6.45, 7) is 6.99. The molecule has 0 N–H and O–H groups in total. The number of carbonyl (C=O) groups excluding carboxylic acids is 1. The van der Waals surface area contributed by atoms with Crippen LogP contribution in [0.4, 0.5) is 0 Å². The van der Waals surface area contributed by atoms with Crippen LogP contribution >= 0.6 is 0 Å². The van der Waals surface area contributed by atoms with Gasteiger partial charge in [0.05, 0.1) is 0 Å². The summed E-state index contributed by atoms with van der Waals surface area (Å²) in [5.41, 5.74) is 4.16. The van der Waals surface area contributed by atoms with E-state index in [4.69, 9.17) is 4.74 Å². The number of rotatable bonds is 6. The Balaban J connectivity index is 1.91. The summed E-state index contributed by atoms with van der Waals surface area (Å²) in [5.74, 6) is 0.976. The predicted octanol–water partition coefficient (Wildman–Crippen LogP) is 3.61. The smallest absolute Gasteiger partial charge is 0.188 e. The number of aryl methyl sites for hydroxylation is 3. The van der Waals surface area contributed by atoms with Gasteiger partial charge in [0.15, 0.2) is 5.78 Å². The third-order valence-corrected chi connectivity index (χ3v) is 3.56. The lowest BCUT2D eigenvalue weighted by atomic mass is 9.97. The van der Waals surface area contributed by atoms with E-state index in [1.54, 1.807) is 0 Å². The molecule has 1 fully saturated rings. The zero-order valence-corrected chi connectivity index (χ0v) is 11.6. The summed E-state index contributed by atoms with van der Waals surface area (Å²) in [6.07, 6.45) is 3.79. The third-order valence-electron chi connectivity index (χ3n) is 3.56. The SMILES string of the molecule is Cc1cc(C)c(C(=O)COCCC2CC2)c(C)c1. The van der Waals surface area contributed by atoms with Gasteiger partial charge in [0.25, 0.3) is 0 Å². The van der Waals surface area contributed by atoms with Crippen LogP contribution in [0.1, 0.15) is 46.3 Å². The first-order valence-electron chi connectivity index (χ1n) is 6.76. The second kappa shape index (κ2) is 5.66. The van der Waals surface area contributed by atoms with Crippen molar-refractivity contribution in [3.63, 3.8) is 0 Å². The van der Waals surface area contributed by atoms with E-state index in [9.17, 15) is 4.79 Å². The lowest BCUT2D eigenvalue weighted by molar-refractivity contribution is 0.0747. The molecule has 0 aromatic heterocycles. The molecule has 0 spiro atoms. The number of carbonyl (C=O) groups is 1. The Morgan fingerprint density at radius 3 is 2.39 bits per heavy atom. The molecule has 0 aliphatic heterocycles. The lowest BCUT2D eigenvalue weighted by Crippen LogP contribution is -2.13. The topological polar surface area (TPSA) is 26.3 Å². The van der Waals surface area contributed by atoms with E-state index in [0.717, 1.165) is 35.6 Å². The summed E-state index contributed by atoms with van der Waals surface area (Å²) in [4.78, 5) is 12.1. The third kappa shape index (κ3) is 3.42. The fourth-order valence-electron chi connectivity index (χ4n) is 2.51. The van der Waals surface area contributed by atoms with Gasteiger partial charge in [0, 0.05) is 12.2 Å². The van der Waals surface area contributed by atoms with Crippen molar-refractivity contribution < 1.29 is 9.53 Å². The van der Waals surface area contributed by atoms with Gasteiger partial charge in [0.1, 0.15) is 6.61 Å². The molecular weight excluding hydrogens is 224 g/mol. The zero-order valence-electron chi connectivity index (χ0n) is 11.6. The van der Waals surface area contributed by atoms with E-state index in [2.05, 4.69) is 19.1 Å². The monoisotopic (exact) mass is 246 g/mol. The van der Waals surface area contributed by atoms with E-state index >= 15 is 0 Å². The first-order valence-corrected chi connectivity index (χ1v) is 6.76. The zero-order chi connectivity index (χ0) is 13.1. The minimum atomic E-state index is 0.112. The highest BCUT2D eigenvalue weighted by Crippen LogP contribution is 2.32. The van der Waals surface area contributed by atoms with Gasteiger partial charge in [-0.15, -0.1) is 0 Å². The van der Waals surface area contributed by atoms with Crippen LogP contribution in [0.25, 0.3) is 0 Å². The Kier molecular flexibility index (Phi) is 4.18. The van der Waals surface area contributed by atoms with Crippen molar-refractivity contribution in [1.82, 2.24) is 0 Å². The van der Waals surface area contributed by atoms with Gasteiger partial charge in [-0.25, -0.2) is 0 Å². The van der Waals surface area contributed by atoms with Gasteiger partial charge in [-0.05, 0) is 44.2 Å². The second-order valence-electron chi connectivity index (χ2n) is 5.48. The average molecular weight is 246 g/mol. The minimum Gasteiger partial charge on any atom is -0.373 e. The van der Waals surface area contributed by atoms with Crippen LogP contribution in [0.5, 0.6) is 0 Å². The van der Waals surface area contributed by atoms with Crippen molar-refractivity contribution in [2.24, 2.45) is 5.92 Å². The Bertz CT molecular complexity index is 421. The predicted molar refractivity (Wildman–Crippen MR) is 73.1 cm³/mol. The molecule has 0 radical (unpaired) electrons. The summed E-state index contributed by atoms with van der Waals surface area (Å²) < 4.78 is 5.49. The minimum absolute atomic E-state index is 0.112. The van der Waals surface area contributed by atoms with Crippen molar-refractivity contribution in [2.45, 2.75) is 40.0 Å². The van der Waals surface area contributed by atoms with Crippen LogP contribution in [0.15, 0.2) is 12.1 Å². The Morgan fingerprint density at radius 1 is 1.22 bits per heavy atom. The number of ketones is 1. The summed E-state index contributed by atoms with van der Waals surface area (Å²) >= 11 is 0. The highest BCUT2D eigenvalue weighted by atomic mass is 16.5. The maximum Gasteiger partial charge on any atom is 0.188 e. The van der Waals surface area contributed by atoms with Gasteiger partial charge in [-0.2, -0.15) is 0 Å². The van der Waals surface area contributed by atoms with Crippen LogP contribution in [0, 0.1) is 26.7 Å². The molecule has 1 aromatic carbocycles. The molecule has 0 amide bonds. The van der Waals surface area contributed by atoms with Crippen molar-refractivity contribution in [1.29, 1.82) is 0 Å². The Labute approximate surface area is 109 Å². The molecule has 98 valence electrons. The highest BCUT2D eigenvalue weighted by Gasteiger charge is 2.20. The van der Waals surface area contributed by atoms with E-state index in [0.29, 0.717) is 0 Å². The largest absolute Gasteiger partial charge is 0.373 e. The number of benzene rings is 1. The van der Waals surface area contributed by atoms with Gasteiger partial charge in [-0.3, -0.25) is 4.79 Å². The van der Waals surface area contributed by atoms with E-state index < -0.39 is 0 Å². The van der Waals surface area contributed by atoms with E-state index in [1.807, 2.05) is 13.8 Å². The quantitative estimate of drug-likeness (QED) is 0.566. The number of Topliss-reactive ketones (excluding diaryl/α,β-unsaturated/α-hetero) is 1. The molecule has 1 aliphatic rings. The maximum absolute atomic E-state index is 12.1. The van der Waals surface area contributed by atoms with Gasteiger partial charge in [0.2, 0.25) is 0 Å². The molecule has 18 heavy (non-hydrogen) atoms. The summed E-state index contributed by atoms with van der Waals surface area (Å²) in [6, 6.07) is 4.12. The highest BCUT2D eigenvalue weighted by molar-refractivity contribution is 5.99. The van der Waals surface area contributed by atoms with Crippen molar-refractivity contribution in [2.75, 3.05) is 13.2 Å². The molecule has 2 rings (SSSR count). The molecule has 0 saturated heterocycles. The average Bonchev–Trinajstić information content (AvgIpc) is 3.06. The molecule has 0 unspecified atom stereocenters. The Hall–Kier alpha value is -1.15. The number of ether oxygens (including phenoxy) is 1. The van der Waals surface area contributed by atoms with Crippen LogP contribution in [-0.4, -0.2) is 19.0 Å². The van der Waals surface area contributed by atoms with Gasteiger partial charge < -0.3 is 4.74 Å². The molecule has 0 bridgehead atoms. The lowest BCUT2D eigenvalue weighted by Gasteiger charge is -2.10. The molecule has 2 heteroatoms. The standard InChI is InChI=1S/C16H22O2/c1-11-8-12(2)16(13(3)9-11)15(17)10-18-7-6-14-4-5-14/h8-9,14H,4-7,10H2,1-3H3. The van der Waals surface area contributed by atoms with Crippen molar-refractivity contribution >= 4 is 5.78 Å².